The molecule has 1 aromatic heterocycles. The molecule has 1 heterocycles. The Labute approximate surface area is 195 Å². The third-order valence-electron chi connectivity index (χ3n) is 4.51. The number of aromatic nitrogens is 1. The van der Waals surface area contributed by atoms with E-state index in [2.05, 4.69) is 15.6 Å². The van der Waals surface area contributed by atoms with Crippen LogP contribution in [0, 0.1) is 0 Å². The Kier molecular flexibility index (Phi) is 7.92. The zero-order chi connectivity index (χ0) is 23.1. The van der Waals surface area contributed by atoms with Crippen LogP contribution in [-0.2, 0) is 4.79 Å². The number of hydrogen-bond donors (Lipinski definition) is 2. The number of carbonyl (C=O) groups excluding carboxylic acids is 2. The van der Waals surface area contributed by atoms with Crippen molar-refractivity contribution < 1.29 is 19.1 Å². The highest BCUT2D eigenvalue weighted by Gasteiger charge is 2.11. The smallest absolute Gasteiger partial charge is 0.269 e. The molecule has 0 aliphatic heterocycles. The lowest BCUT2D eigenvalue weighted by Crippen LogP contribution is -2.34. The molecule has 3 aromatic rings. The van der Waals surface area contributed by atoms with Gasteiger partial charge in [0.15, 0.2) is 11.5 Å². The molecule has 9 heteroatoms. The number of nitrogens with zero attached hydrogens (tertiary/aromatic N) is 1. The van der Waals surface area contributed by atoms with Gasteiger partial charge in [-0.05, 0) is 35.9 Å². The molecule has 0 aliphatic carbocycles. The van der Waals surface area contributed by atoms with Crippen LogP contribution in [0.4, 0.5) is 0 Å². The lowest BCUT2D eigenvalue weighted by atomic mass is 10.1. The Morgan fingerprint density at radius 1 is 0.938 bits per heavy atom. The number of halogens is 2. The summed E-state index contributed by atoms with van der Waals surface area (Å²) in [6, 6.07) is 12.0. The maximum Gasteiger partial charge on any atom is 0.269 e. The minimum absolute atomic E-state index is 0.247. The molecular formula is C23H21Cl2N3O4. The topological polar surface area (TPSA) is 89.6 Å². The number of fused-ring (bicyclic) bond motifs is 1. The highest BCUT2D eigenvalue weighted by molar-refractivity contribution is 6.42. The summed E-state index contributed by atoms with van der Waals surface area (Å²) >= 11 is 11.8. The van der Waals surface area contributed by atoms with Crippen molar-refractivity contribution in [2.45, 2.75) is 0 Å². The van der Waals surface area contributed by atoms with E-state index >= 15 is 0 Å². The average Bonchev–Trinajstić information content (AvgIpc) is 2.81. The van der Waals surface area contributed by atoms with Crippen molar-refractivity contribution in [2.24, 2.45) is 0 Å². The summed E-state index contributed by atoms with van der Waals surface area (Å²) in [6.07, 6.45) is 3.01. The van der Waals surface area contributed by atoms with E-state index < -0.39 is 0 Å². The maximum atomic E-state index is 12.4. The normalized spacial score (nSPS) is 10.9. The van der Waals surface area contributed by atoms with Crippen LogP contribution >= 0.6 is 23.2 Å². The number of carbonyl (C=O) groups is 2. The zero-order valence-electron chi connectivity index (χ0n) is 17.4. The maximum absolute atomic E-state index is 12.4. The lowest BCUT2D eigenvalue weighted by molar-refractivity contribution is -0.116. The van der Waals surface area contributed by atoms with Gasteiger partial charge >= 0.3 is 0 Å². The molecule has 0 saturated carbocycles. The summed E-state index contributed by atoms with van der Waals surface area (Å²) in [7, 11) is 3.09. The number of amides is 2. The first-order valence-corrected chi connectivity index (χ1v) is 10.4. The predicted molar refractivity (Wildman–Crippen MR) is 126 cm³/mol. The molecule has 0 fully saturated rings. The predicted octanol–water partition coefficient (Wildman–Crippen LogP) is 4.12. The number of nitrogens with one attached hydrogen (secondary N) is 2. The fourth-order valence-corrected chi connectivity index (χ4v) is 3.18. The standard InChI is InChI=1S/C23H21Cl2N3O4/c1-31-20-12-15-5-7-18(28-19(15)13-21(20)32-2)23(30)27-10-9-26-22(29)8-4-14-3-6-16(24)17(25)11-14/h3-8,11-13H,9-10H2,1-2H3,(H,26,29)(H,27,30)/b8-4+. The number of ether oxygens (including phenoxy) is 2. The van der Waals surface area contributed by atoms with E-state index in [0.717, 1.165) is 10.9 Å². The van der Waals surface area contributed by atoms with E-state index in [-0.39, 0.29) is 30.6 Å². The van der Waals surface area contributed by atoms with Crippen LogP contribution in [0.2, 0.25) is 10.0 Å². The van der Waals surface area contributed by atoms with Gasteiger partial charge in [-0.3, -0.25) is 9.59 Å². The first kappa shape index (κ1) is 23.4. The van der Waals surface area contributed by atoms with Crippen molar-refractivity contribution in [3.05, 3.63) is 69.8 Å². The molecule has 0 atom stereocenters. The molecule has 0 spiro atoms. The van der Waals surface area contributed by atoms with Crippen molar-refractivity contribution in [2.75, 3.05) is 27.3 Å². The molecule has 7 nitrogen and oxygen atoms in total. The SMILES string of the molecule is COc1cc2ccc(C(=O)NCCNC(=O)/C=C/c3ccc(Cl)c(Cl)c3)nc2cc1OC. The van der Waals surface area contributed by atoms with Gasteiger partial charge in [0.1, 0.15) is 5.69 Å². The van der Waals surface area contributed by atoms with Crippen LogP contribution in [0.25, 0.3) is 17.0 Å². The van der Waals surface area contributed by atoms with Gasteiger partial charge in [-0.1, -0.05) is 35.3 Å². The summed E-state index contributed by atoms with van der Waals surface area (Å²) in [5.74, 6) is 0.474. The average molecular weight is 474 g/mol. The first-order valence-electron chi connectivity index (χ1n) is 9.63. The van der Waals surface area contributed by atoms with E-state index in [1.54, 1.807) is 55.7 Å². The number of hydrogen-bond acceptors (Lipinski definition) is 5. The number of methoxy groups -OCH3 is 2. The van der Waals surface area contributed by atoms with E-state index in [4.69, 9.17) is 32.7 Å². The Balaban J connectivity index is 1.52. The minimum Gasteiger partial charge on any atom is -0.493 e. The van der Waals surface area contributed by atoms with Gasteiger partial charge < -0.3 is 20.1 Å². The third-order valence-corrected chi connectivity index (χ3v) is 5.25. The third kappa shape index (κ3) is 5.90. The Morgan fingerprint density at radius 2 is 1.66 bits per heavy atom. The van der Waals surface area contributed by atoms with Gasteiger partial charge in [-0.2, -0.15) is 0 Å². The molecule has 0 unspecified atom stereocenters. The van der Waals surface area contributed by atoms with Crippen molar-refractivity contribution in [1.29, 1.82) is 0 Å². The summed E-state index contributed by atoms with van der Waals surface area (Å²) in [6.45, 7) is 0.506. The van der Waals surface area contributed by atoms with Gasteiger partial charge in [0.2, 0.25) is 5.91 Å². The fraction of sp³-hybridized carbons (Fsp3) is 0.174. The van der Waals surface area contributed by atoms with Crippen molar-refractivity contribution in [3.63, 3.8) is 0 Å². The van der Waals surface area contributed by atoms with E-state index in [9.17, 15) is 9.59 Å². The molecule has 2 amide bonds. The van der Waals surface area contributed by atoms with Crippen LogP contribution in [0.5, 0.6) is 11.5 Å². The van der Waals surface area contributed by atoms with Gasteiger partial charge in [0.05, 0.1) is 29.8 Å². The Morgan fingerprint density at radius 3 is 2.38 bits per heavy atom. The number of pyridine rings is 1. The lowest BCUT2D eigenvalue weighted by Gasteiger charge is -2.10. The molecule has 0 bridgehead atoms. The quantitative estimate of drug-likeness (QED) is 0.379. The van der Waals surface area contributed by atoms with Crippen molar-refractivity contribution in [1.82, 2.24) is 15.6 Å². The second-order valence-corrected chi connectivity index (χ2v) is 7.46. The van der Waals surface area contributed by atoms with E-state index in [1.165, 1.54) is 13.2 Å². The fourth-order valence-electron chi connectivity index (χ4n) is 2.88. The number of rotatable bonds is 8. The molecule has 3 rings (SSSR count). The molecule has 0 aliphatic rings. The van der Waals surface area contributed by atoms with Gasteiger partial charge in [-0.25, -0.2) is 4.98 Å². The summed E-state index contributed by atoms with van der Waals surface area (Å²) in [4.78, 5) is 28.7. The van der Waals surface area contributed by atoms with E-state index in [0.29, 0.717) is 27.1 Å². The largest absolute Gasteiger partial charge is 0.493 e. The molecule has 0 radical (unpaired) electrons. The second kappa shape index (κ2) is 10.8. The van der Waals surface area contributed by atoms with Gasteiger partial charge in [0.25, 0.3) is 5.91 Å². The monoisotopic (exact) mass is 473 g/mol. The van der Waals surface area contributed by atoms with Gasteiger partial charge in [-0.15, -0.1) is 0 Å². The molecule has 2 N–H and O–H groups in total. The Hall–Kier alpha value is -3.29. The summed E-state index contributed by atoms with van der Waals surface area (Å²) in [5, 5.41) is 7.10. The summed E-state index contributed by atoms with van der Waals surface area (Å²) in [5.41, 5.74) is 1.62. The van der Waals surface area contributed by atoms with Crippen LogP contribution in [-0.4, -0.2) is 44.1 Å². The molecule has 166 valence electrons. The van der Waals surface area contributed by atoms with Crippen molar-refractivity contribution >= 4 is 52.0 Å². The van der Waals surface area contributed by atoms with Crippen LogP contribution < -0.4 is 20.1 Å². The van der Waals surface area contributed by atoms with Gasteiger partial charge in [0, 0.05) is 30.6 Å². The Bertz CT molecular complexity index is 1180. The highest BCUT2D eigenvalue weighted by atomic mass is 35.5. The molecular weight excluding hydrogens is 453 g/mol. The van der Waals surface area contributed by atoms with Crippen LogP contribution in [0.1, 0.15) is 16.1 Å². The molecule has 0 saturated heterocycles. The van der Waals surface area contributed by atoms with Crippen LogP contribution in [0.3, 0.4) is 0 Å². The molecule has 32 heavy (non-hydrogen) atoms. The summed E-state index contributed by atoms with van der Waals surface area (Å²) < 4.78 is 10.6. The van der Waals surface area contributed by atoms with Crippen LogP contribution in [0.15, 0.2) is 48.5 Å². The number of benzene rings is 2. The van der Waals surface area contributed by atoms with E-state index in [1.807, 2.05) is 0 Å². The second-order valence-electron chi connectivity index (χ2n) is 6.65. The highest BCUT2D eigenvalue weighted by Crippen LogP contribution is 2.31. The molecule has 2 aromatic carbocycles. The minimum atomic E-state index is -0.345. The first-order chi connectivity index (χ1) is 15.4. The van der Waals surface area contributed by atoms with Crippen molar-refractivity contribution in [3.8, 4) is 11.5 Å². The zero-order valence-corrected chi connectivity index (χ0v) is 19.0.